The van der Waals surface area contributed by atoms with Crippen LogP contribution in [-0.4, -0.2) is 31.4 Å². The fraction of sp³-hybridized carbons (Fsp3) is 0.364. The molecule has 0 heterocycles. The van der Waals surface area contributed by atoms with E-state index in [1.807, 2.05) is 44.1 Å². The van der Waals surface area contributed by atoms with Crippen molar-refractivity contribution in [2.75, 3.05) is 20.6 Å². The average molecular weight is 176 g/mol. The normalized spacial score (nSPS) is 11.5. The molecule has 1 aromatic rings. The molecule has 2 nitrogen and oxygen atoms in total. The molecule has 0 fully saturated rings. The third kappa shape index (κ3) is 2.58. The van der Waals surface area contributed by atoms with Crippen LogP contribution >= 0.6 is 0 Å². The molecule has 0 aromatic heterocycles. The van der Waals surface area contributed by atoms with E-state index in [-0.39, 0.29) is 0 Å². The summed E-state index contributed by atoms with van der Waals surface area (Å²) < 4.78 is 0. The maximum Gasteiger partial charge on any atom is 0.130 e. The van der Waals surface area contributed by atoms with Crippen molar-refractivity contribution in [2.45, 2.75) is 6.92 Å². The van der Waals surface area contributed by atoms with Crippen LogP contribution in [0.2, 0.25) is 0 Å². The van der Waals surface area contributed by atoms with Gasteiger partial charge in [0.25, 0.3) is 0 Å². The number of hydrogen-bond acceptors (Lipinski definition) is 1. The largest absolute Gasteiger partial charge is 0.363 e. The Morgan fingerprint density at radius 3 is 2.31 bits per heavy atom. The van der Waals surface area contributed by atoms with Gasteiger partial charge in [0.15, 0.2) is 0 Å². The van der Waals surface area contributed by atoms with Crippen LogP contribution in [-0.2, 0) is 0 Å². The summed E-state index contributed by atoms with van der Waals surface area (Å²) in [6.45, 7) is 2.87. The molecule has 1 rings (SSSR count). The van der Waals surface area contributed by atoms with Gasteiger partial charge >= 0.3 is 0 Å². The fourth-order valence-electron chi connectivity index (χ4n) is 1.23. The van der Waals surface area contributed by atoms with Crippen LogP contribution in [0.25, 0.3) is 0 Å². The minimum Gasteiger partial charge on any atom is -0.363 e. The van der Waals surface area contributed by atoms with Crippen LogP contribution in [0, 0.1) is 0 Å². The standard InChI is InChI=1S/C11H16N2/c1-4-12-11(13(2)3)10-8-6-5-7-9-10/h5-9H,4H2,1-3H3/b12-11-. The Bertz CT molecular complexity index is 275. The average Bonchev–Trinajstić information content (AvgIpc) is 2.15. The van der Waals surface area contributed by atoms with Crippen LogP contribution in [0.1, 0.15) is 12.5 Å². The Morgan fingerprint density at radius 2 is 1.85 bits per heavy atom. The van der Waals surface area contributed by atoms with Crippen molar-refractivity contribution in [2.24, 2.45) is 4.99 Å². The summed E-state index contributed by atoms with van der Waals surface area (Å²) in [6, 6.07) is 10.2. The number of hydrogen-bond donors (Lipinski definition) is 0. The zero-order valence-corrected chi connectivity index (χ0v) is 8.49. The number of nitrogens with zero attached hydrogens (tertiary/aromatic N) is 2. The first-order valence-corrected chi connectivity index (χ1v) is 4.53. The van der Waals surface area contributed by atoms with Gasteiger partial charge in [-0.2, -0.15) is 0 Å². The maximum atomic E-state index is 4.44. The molecule has 1 aromatic carbocycles. The summed E-state index contributed by atoms with van der Waals surface area (Å²) in [6.07, 6.45) is 0. The third-order valence-electron chi connectivity index (χ3n) is 1.76. The van der Waals surface area contributed by atoms with Crippen molar-refractivity contribution >= 4 is 5.84 Å². The van der Waals surface area contributed by atoms with Gasteiger partial charge in [0.05, 0.1) is 0 Å². The predicted molar refractivity (Wildman–Crippen MR) is 57.2 cm³/mol. The van der Waals surface area contributed by atoms with E-state index in [1.165, 1.54) is 5.56 Å². The minimum atomic E-state index is 0.822. The summed E-state index contributed by atoms with van der Waals surface area (Å²) in [5, 5.41) is 0. The molecule has 0 bridgehead atoms. The van der Waals surface area contributed by atoms with Gasteiger partial charge in [-0.05, 0) is 6.92 Å². The minimum absolute atomic E-state index is 0.822. The first kappa shape index (κ1) is 9.78. The highest BCUT2D eigenvalue weighted by Gasteiger charge is 2.02. The lowest BCUT2D eigenvalue weighted by molar-refractivity contribution is 0.620. The molecule has 0 saturated carbocycles. The Hall–Kier alpha value is -1.31. The molecule has 0 aliphatic rings. The number of aliphatic imine (C=N–C) groups is 1. The Labute approximate surface area is 79.9 Å². The fourth-order valence-corrected chi connectivity index (χ4v) is 1.23. The Morgan fingerprint density at radius 1 is 1.23 bits per heavy atom. The lowest BCUT2D eigenvalue weighted by Gasteiger charge is -2.15. The third-order valence-corrected chi connectivity index (χ3v) is 1.76. The number of rotatable bonds is 2. The lowest BCUT2D eigenvalue weighted by atomic mass is 10.2. The molecule has 0 atom stereocenters. The molecular formula is C11H16N2. The van der Waals surface area contributed by atoms with Crippen molar-refractivity contribution in [1.82, 2.24) is 4.90 Å². The van der Waals surface area contributed by atoms with Gasteiger partial charge in [-0.25, -0.2) is 0 Å². The first-order valence-electron chi connectivity index (χ1n) is 4.53. The van der Waals surface area contributed by atoms with Crippen molar-refractivity contribution in [3.8, 4) is 0 Å². The molecule has 0 saturated heterocycles. The molecule has 0 unspecified atom stereocenters. The zero-order valence-electron chi connectivity index (χ0n) is 8.49. The lowest BCUT2D eigenvalue weighted by Crippen LogP contribution is -2.23. The summed E-state index contributed by atoms with van der Waals surface area (Å²) in [5.74, 6) is 1.04. The summed E-state index contributed by atoms with van der Waals surface area (Å²) in [4.78, 5) is 6.48. The van der Waals surface area contributed by atoms with Crippen LogP contribution in [0.3, 0.4) is 0 Å². The van der Waals surface area contributed by atoms with Gasteiger partial charge in [-0.1, -0.05) is 30.3 Å². The van der Waals surface area contributed by atoms with E-state index in [9.17, 15) is 0 Å². The second kappa shape index (κ2) is 4.65. The van der Waals surface area contributed by atoms with Crippen LogP contribution in [0.15, 0.2) is 35.3 Å². The van der Waals surface area contributed by atoms with E-state index in [0.29, 0.717) is 0 Å². The van der Waals surface area contributed by atoms with Gasteiger partial charge in [0.2, 0.25) is 0 Å². The topological polar surface area (TPSA) is 15.6 Å². The molecule has 0 aliphatic heterocycles. The highest BCUT2D eigenvalue weighted by molar-refractivity contribution is 5.98. The molecule has 70 valence electrons. The number of amidine groups is 1. The quantitative estimate of drug-likeness (QED) is 0.497. The first-order chi connectivity index (χ1) is 6.25. The molecule has 0 aliphatic carbocycles. The van der Waals surface area contributed by atoms with E-state index in [1.54, 1.807) is 0 Å². The van der Waals surface area contributed by atoms with E-state index in [4.69, 9.17) is 0 Å². The molecule has 0 N–H and O–H groups in total. The van der Waals surface area contributed by atoms with Gasteiger partial charge in [-0.3, -0.25) is 4.99 Å². The van der Waals surface area contributed by atoms with Crippen molar-refractivity contribution in [1.29, 1.82) is 0 Å². The molecule has 0 spiro atoms. The smallest absolute Gasteiger partial charge is 0.130 e. The summed E-state index contributed by atoms with van der Waals surface area (Å²) in [7, 11) is 4.03. The number of benzene rings is 1. The van der Waals surface area contributed by atoms with E-state index in [0.717, 1.165) is 12.4 Å². The van der Waals surface area contributed by atoms with Gasteiger partial charge in [-0.15, -0.1) is 0 Å². The van der Waals surface area contributed by atoms with E-state index in [2.05, 4.69) is 17.1 Å². The molecule has 0 radical (unpaired) electrons. The zero-order chi connectivity index (χ0) is 9.68. The van der Waals surface area contributed by atoms with Crippen molar-refractivity contribution < 1.29 is 0 Å². The SMILES string of the molecule is CC/N=C(/c1ccccc1)N(C)C. The van der Waals surface area contributed by atoms with Gasteiger partial charge < -0.3 is 4.90 Å². The Balaban J connectivity index is 2.96. The molecule has 2 heteroatoms. The second-order valence-corrected chi connectivity index (χ2v) is 3.06. The van der Waals surface area contributed by atoms with Gasteiger partial charge in [0, 0.05) is 26.2 Å². The van der Waals surface area contributed by atoms with E-state index >= 15 is 0 Å². The highest BCUT2D eigenvalue weighted by Crippen LogP contribution is 2.02. The maximum absolute atomic E-state index is 4.44. The second-order valence-electron chi connectivity index (χ2n) is 3.06. The monoisotopic (exact) mass is 176 g/mol. The Kier molecular flexibility index (Phi) is 3.50. The van der Waals surface area contributed by atoms with E-state index < -0.39 is 0 Å². The van der Waals surface area contributed by atoms with Crippen molar-refractivity contribution in [3.05, 3.63) is 35.9 Å². The van der Waals surface area contributed by atoms with Crippen LogP contribution < -0.4 is 0 Å². The van der Waals surface area contributed by atoms with Crippen LogP contribution in [0.5, 0.6) is 0 Å². The molecule has 0 amide bonds. The molecular weight excluding hydrogens is 160 g/mol. The molecule has 13 heavy (non-hydrogen) atoms. The summed E-state index contributed by atoms with van der Waals surface area (Å²) in [5.41, 5.74) is 1.18. The van der Waals surface area contributed by atoms with Crippen molar-refractivity contribution in [3.63, 3.8) is 0 Å². The predicted octanol–water partition coefficient (Wildman–Crippen LogP) is 2.01. The van der Waals surface area contributed by atoms with Gasteiger partial charge in [0.1, 0.15) is 5.84 Å². The highest BCUT2D eigenvalue weighted by atomic mass is 15.1. The van der Waals surface area contributed by atoms with Crippen LogP contribution in [0.4, 0.5) is 0 Å². The summed E-state index contributed by atoms with van der Waals surface area (Å²) >= 11 is 0.